The second-order valence-corrected chi connectivity index (χ2v) is 10.3. The van der Waals surface area contributed by atoms with Gasteiger partial charge in [0.2, 0.25) is 11.8 Å². The van der Waals surface area contributed by atoms with Crippen molar-refractivity contribution in [1.82, 2.24) is 15.0 Å². The minimum absolute atomic E-state index is 0.0400. The van der Waals surface area contributed by atoms with E-state index in [0.29, 0.717) is 24.1 Å². The largest absolute Gasteiger partial charge is 0.481 e. The molecule has 1 aliphatic carbocycles. The third kappa shape index (κ3) is 6.67. The summed E-state index contributed by atoms with van der Waals surface area (Å²) in [5, 5.41) is 14.7. The molecule has 1 fully saturated rings. The Kier molecular flexibility index (Phi) is 8.94. The number of benzene rings is 1. The summed E-state index contributed by atoms with van der Waals surface area (Å²) in [7, 11) is 1.57. The van der Waals surface area contributed by atoms with Crippen molar-refractivity contribution in [2.24, 2.45) is 11.8 Å². The van der Waals surface area contributed by atoms with E-state index in [0.717, 1.165) is 60.9 Å². The molecule has 0 amide bonds. The molecule has 0 bridgehead atoms. The van der Waals surface area contributed by atoms with Crippen molar-refractivity contribution >= 4 is 17.6 Å². The average Bonchev–Trinajstić information content (AvgIpc) is 2.93. The number of methoxy groups -OCH3 is 1. The zero-order chi connectivity index (χ0) is 27.1. The Bertz CT molecular complexity index is 1220. The number of ether oxygens (including phenoxy) is 2. The number of hydrogen-bond acceptors (Lipinski definition) is 8. The van der Waals surface area contributed by atoms with Gasteiger partial charge >= 0.3 is 5.97 Å². The van der Waals surface area contributed by atoms with Crippen LogP contribution in [0.5, 0.6) is 5.88 Å². The summed E-state index contributed by atoms with van der Waals surface area (Å²) in [6, 6.07) is 11.7. The number of esters is 1. The predicted molar refractivity (Wildman–Crippen MR) is 147 cm³/mol. The Morgan fingerprint density at radius 1 is 1.11 bits per heavy atom. The first-order chi connectivity index (χ1) is 18.3. The number of aryl methyl sites for hydroxylation is 1. The van der Waals surface area contributed by atoms with Crippen molar-refractivity contribution < 1.29 is 19.4 Å². The van der Waals surface area contributed by atoms with E-state index < -0.39 is 5.60 Å². The Morgan fingerprint density at radius 2 is 1.89 bits per heavy atom. The van der Waals surface area contributed by atoms with Crippen LogP contribution in [-0.2, 0) is 15.1 Å². The van der Waals surface area contributed by atoms with Gasteiger partial charge in [-0.05, 0) is 81.2 Å². The van der Waals surface area contributed by atoms with E-state index in [9.17, 15) is 9.90 Å². The molecule has 1 aliphatic rings. The third-order valence-corrected chi connectivity index (χ3v) is 7.39. The summed E-state index contributed by atoms with van der Waals surface area (Å²) in [5.74, 6) is 0.819. The number of pyridine rings is 1. The van der Waals surface area contributed by atoms with Gasteiger partial charge in [-0.3, -0.25) is 9.78 Å². The Morgan fingerprint density at radius 3 is 2.58 bits per heavy atom. The van der Waals surface area contributed by atoms with Crippen LogP contribution in [-0.4, -0.2) is 39.7 Å². The highest BCUT2D eigenvalue weighted by molar-refractivity contribution is 5.72. The summed E-state index contributed by atoms with van der Waals surface area (Å²) >= 11 is 0. The van der Waals surface area contributed by atoms with Crippen molar-refractivity contribution in [3.05, 3.63) is 60.0 Å². The van der Waals surface area contributed by atoms with Gasteiger partial charge in [-0.1, -0.05) is 25.5 Å². The molecule has 3 aromatic rings. The van der Waals surface area contributed by atoms with Crippen molar-refractivity contribution in [2.45, 2.75) is 64.9 Å². The van der Waals surface area contributed by atoms with Crippen LogP contribution < -0.4 is 10.1 Å². The normalized spacial score (nSPS) is 18.9. The zero-order valence-corrected chi connectivity index (χ0v) is 22.7. The van der Waals surface area contributed by atoms with Gasteiger partial charge in [0, 0.05) is 29.7 Å². The number of aliphatic hydroxyl groups is 1. The predicted octanol–water partition coefficient (Wildman–Crippen LogP) is 5.96. The molecular formula is C30H38N4O4. The van der Waals surface area contributed by atoms with Crippen LogP contribution in [0.25, 0.3) is 11.1 Å². The highest BCUT2D eigenvalue weighted by Gasteiger charge is 2.39. The Balaban J connectivity index is 1.42. The van der Waals surface area contributed by atoms with Crippen molar-refractivity contribution in [1.29, 1.82) is 0 Å². The molecule has 2 N–H and O–H groups in total. The molecule has 2 heterocycles. The van der Waals surface area contributed by atoms with Gasteiger partial charge < -0.3 is 19.9 Å². The molecule has 8 nitrogen and oxygen atoms in total. The van der Waals surface area contributed by atoms with Crippen LogP contribution in [0, 0.1) is 18.8 Å². The molecule has 0 aliphatic heterocycles. The van der Waals surface area contributed by atoms with Crippen LogP contribution in [0.4, 0.5) is 11.6 Å². The highest BCUT2D eigenvalue weighted by Crippen LogP contribution is 2.41. The summed E-state index contributed by atoms with van der Waals surface area (Å²) in [5.41, 5.74) is 3.45. The zero-order valence-electron chi connectivity index (χ0n) is 22.7. The molecule has 1 atom stereocenters. The molecule has 0 saturated heterocycles. The maximum Gasteiger partial charge on any atom is 0.308 e. The molecule has 8 heteroatoms. The minimum atomic E-state index is -1.07. The van der Waals surface area contributed by atoms with E-state index in [1.165, 1.54) is 0 Å². The fraction of sp³-hybridized carbons (Fsp3) is 0.467. The van der Waals surface area contributed by atoms with E-state index in [1.54, 1.807) is 25.6 Å². The number of nitrogens with one attached hydrogen (secondary N) is 1. The van der Waals surface area contributed by atoms with E-state index in [1.807, 2.05) is 38.1 Å². The van der Waals surface area contributed by atoms with Crippen LogP contribution in [0.2, 0.25) is 0 Å². The van der Waals surface area contributed by atoms with E-state index in [2.05, 4.69) is 33.3 Å². The number of carbonyl (C=O) groups is 1. The van der Waals surface area contributed by atoms with E-state index in [4.69, 9.17) is 9.47 Å². The molecule has 0 radical (unpaired) electrons. The Hall–Kier alpha value is -3.52. The number of anilines is 2. The van der Waals surface area contributed by atoms with Crippen LogP contribution in [0.1, 0.15) is 63.6 Å². The van der Waals surface area contributed by atoms with Gasteiger partial charge in [0.05, 0.1) is 25.3 Å². The molecule has 202 valence electrons. The van der Waals surface area contributed by atoms with Crippen LogP contribution in [0.3, 0.4) is 0 Å². The lowest BCUT2D eigenvalue weighted by Gasteiger charge is -2.37. The van der Waals surface area contributed by atoms with E-state index >= 15 is 0 Å². The fourth-order valence-corrected chi connectivity index (χ4v) is 5.07. The van der Waals surface area contributed by atoms with Gasteiger partial charge in [0.25, 0.3) is 0 Å². The van der Waals surface area contributed by atoms with Crippen molar-refractivity contribution in [3.63, 3.8) is 0 Å². The molecule has 1 unspecified atom stereocenters. The standard InChI is InChI=1S/C30H38N4O4/c1-5-6-15-38-28(35)21-7-10-24(11-8-21)30(3,36)26-12-9-22(19-32-26)23-16-20(2)17-25(18-23)33-29-31-14-13-27(34-29)37-4/h9,12-14,16-19,21,24,36H,5-8,10-11,15H2,1-4H3,(H,31,33,34). The maximum atomic E-state index is 12.3. The second kappa shape index (κ2) is 12.3. The first-order valence-electron chi connectivity index (χ1n) is 13.4. The summed E-state index contributed by atoms with van der Waals surface area (Å²) < 4.78 is 10.6. The van der Waals surface area contributed by atoms with Crippen molar-refractivity contribution in [3.8, 4) is 17.0 Å². The fourth-order valence-electron chi connectivity index (χ4n) is 5.07. The topological polar surface area (TPSA) is 106 Å². The van der Waals surface area contributed by atoms with Crippen LogP contribution in [0.15, 0.2) is 48.8 Å². The van der Waals surface area contributed by atoms with Gasteiger partial charge in [-0.15, -0.1) is 0 Å². The van der Waals surface area contributed by atoms with Gasteiger partial charge in [0.1, 0.15) is 5.60 Å². The maximum absolute atomic E-state index is 12.3. The minimum Gasteiger partial charge on any atom is -0.481 e. The van der Waals surface area contributed by atoms with Gasteiger partial charge in [0.15, 0.2) is 0 Å². The number of rotatable bonds is 10. The first kappa shape index (κ1) is 27.5. The number of carbonyl (C=O) groups excluding carboxylic acids is 1. The lowest BCUT2D eigenvalue weighted by Crippen LogP contribution is -2.37. The lowest BCUT2D eigenvalue weighted by molar-refractivity contribution is -0.151. The number of unbranched alkanes of at least 4 members (excludes halogenated alkanes) is 1. The number of hydrogen-bond donors (Lipinski definition) is 2. The van der Waals surface area contributed by atoms with Gasteiger partial charge in [-0.2, -0.15) is 4.98 Å². The molecule has 2 aromatic heterocycles. The summed E-state index contributed by atoms with van der Waals surface area (Å²) in [6.45, 7) is 6.44. The number of nitrogens with zero attached hydrogens (tertiary/aromatic N) is 3. The smallest absolute Gasteiger partial charge is 0.308 e. The van der Waals surface area contributed by atoms with E-state index in [-0.39, 0.29) is 17.8 Å². The quantitative estimate of drug-likeness (QED) is 0.250. The summed E-state index contributed by atoms with van der Waals surface area (Å²) in [4.78, 5) is 25.6. The molecule has 4 rings (SSSR count). The Labute approximate surface area is 224 Å². The second-order valence-electron chi connectivity index (χ2n) is 10.3. The molecule has 1 aromatic carbocycles. The molecule has 38 heavy (non-hydrogen) atoms. The van der Waals surface area contributed by atoms with Gasteiger partial charge in [-0.25, -0.2) is 4.98 Å². The molecule has 1 saturated carbocycles. The first-order valence-corrected chi connectivity index (χ1v) is 13.4. The number of aromatic nitrogens is 3. The van der Waals surface area contributed by atoms with Crippen LogP contribution >= 0.6 is 0 Å². The highest BCUT2D eigenvalue weighted by atomic mass is 16.5. The lowest BCUT2D eigenvalue weighted by atomic mass is 9.73. The van der Waals surface area contributed by atoms with Crippen molar-refractivity contribution in [2.75, 3.05) is 19.0 Å². The molecule has 0 spiro atoms. The summed E-state index contributed by atoms with van der Waals surface area (Å²) in [6.07, 6.45) is 8.36. The third-order valence-electron chi connectivity index (χ3n) is 7.39. The molecular weight excluding hydrogens is 480 g/mol. The monoisotopic (exact) mass is 518 g/mol. The average molecular weight is 519 g/mol. The SMILES string of the molecule is CCCCOC(=O)C1CCC(C(C)(O)c2ccc(-c3cc(C)cc(Nc4nccc(OC)n4)c3)cn2)CC1.